The maximum absolute atomic E-state index is 9.55. The predicted octanol–water partition coefficient (Wildman–Crippen LogP) is 2.15. The number of aliphatic carboxylic acids is 2. The van der Waals surface area contributed by atoms with Gasteiger partial charge in [-0.05, 0) is 23.3 Å². The molecule has 1 heterocycles. The van der Waals surface area contributed by atoms with E-state index in [1.807, 2.05) is 24.4 Å². The molecule has 9 heteroatoms. The lowest BCUT2D eigenvalue weighted by molar-refractivity contribution is -0.134. The summed E-state index contributed by atoms with van der Waals surface area (Å²) in [4.78, 5) is 22.3. The van der Waals surface area contributed by atoms with Crippen molar-refractivity contribution in [3.8, 4) is 11.1 Å². The Labute approximate surface area is 165 Å². The summed E-state index contributed by atoms with van der Waals surface area (Å²) in [5.41, 5.74) is 14.8. The van der Waals surface area contributed by atoms with Gasteiger partial charge in [-0.2, -0.15) is 5.10 Å². The van der Waals surface area contributed by atoms with Crippen LogP contribution < -0.4 is 11.5 Å². The highest BCUT2D eigenvalue weighted by Crippen LogP contribution is 2.25. The van der Waals surface area contributed by atoms with Crippen LogP contribution in [-0.4, -0.2) is 39.3 Å². The van der Waals surface area contributed by atoms with E-state index in [4.69, 9.17) is 21.7 Å². The normalized spacial score (nSPS) is 10.6. The molecule has 0 amide bonds. The molecule has 0 aliphatic carbocycles. The number of fused-ring (bicyclic) bond motifs is 1. The number of rotatable bonds is 5. The summed E-state index contributed by atoms with van der Waals surface area (Å²) < 4.78 is 0. The van der Waals surface area contributed by atoms with Gasteiger partial charge in [-0.25, -0.2) is 9.59 Å². The summed E-state index contributed by atoms with van der Waals surface area (Å²) in [6, 6.07) is 16.5. The molecule has 0 saturated carbocycles. The Kier molecular flexibility index (Phi) is 7.26. The third kappa shape index (κ3) is 6.68. The van der Waals surface area contributed by atoms with Crippen molar-refractivity contribution in [2.24, 2.45) is 21.7 Å². The summed E-state index contributed by atoms with van der Waals surface area (Å²) in [5.74, 6) is -2.57. The number of carboxylic acids is 2. The van der Waals surface area contributed by atoms with Crippen LogP contribution in [0, 0.1) is 0 Å². The lowest BCUT2D eigenvalue weighted by Crippen LogP contribution is -2.21. The fourth-order valence-corrected chi connectivity index (χ4v) is 2.36. The second kappa shape index (κ2) is 10.1. The Morgan fingerprint density at radius 3 is 2.17 bits per heavy atom. The zero-order valence-electron chi connectivity index (χ0n) is 15.2. The molecule has 148 valence electrons. The van der Waals surface area contributed by atoms with E-state index in [1.165, 1.54) is 5.56 Å². The minimum Gasteiger partial charge on any atom is -0.478 e. The number of benzene rings is 2. The van der Waals surface area contributed by atoms with Crippen LogP contribution in [0.3, 0.4) is 0 Å². The van der Waals surface area contributed by atoms with Crippen LogP contribution >= 0.6 is 0 Å². The average molecular weight is 393 g/mol. The molecule has 0 radical (unpaired) electrons. The summed E-state index contributed by atoms with van der Waals surface area (Å²) >= 11 is 0. The molecule has 0 atom stereocenters. The zero-order valence-corrected chi connectivity index (χ0v) is 15.2. The van der Waals surface area contributed by atoms with E-state index < -0.39 is 11.9 Å². The van der Waals surface area contributed by atoms with Crippen molar-refractivity contribution in [1.29, 1.82) is 0 Å². The van der Waals surface area contributed by atoms with Crippen molar-refractivity contribution in [2.75, 3.05) is 0 Å². The number of aromatic nitrogens is 1. The Balaban J connectivity index is 0.000000321. The molecule has 0 unspecified atom stereocenters. The summed E-state index contributed by atoms with van der Waals surface area (Å²) in [6.07, 6.45) is 4.63. The quantitative estimate of drug-likeness (QED) is 0.193. The monoisotopic (exact) mass is 393 g/mol. The summed E-state index contributed by atoms with van der Waals surface area (Å²) in [7, 11) is 0. The molecule has 1 aromatic heterocycles. The van der Waals surface area contributed by atoms with Gasteiger partial charge in [-0.3, -0.25) is 0 Å². The molecule has 3 aromatic rings. The minimum absolute atomic E-state index is 0.0592. The van der Waals surface area contributed by atoms with Crippen LogP contribution in [0.5, 0.6) is 0 Å². The maximum Gasteiger partial charge on any atom is 0.328 e. The highest BCUT2D eigenvalue weighted by Gasteiger charge is 2.04. The summed E-state index contributed by atoms with van der Waals surface area (Å²) in [6.45, 7) is 0. The first-order valence-corrected chi connectivity index (χ1v) is 8.29. The second-order valence-corrected chi connectivity index (χ2v) is 5.65. The van der Waals surface area contributed by atoms with Gasteiger partial charge in [0.1, 0.15) is 0 Å². The van der Waals surface area contributed by atoms with Crippen LogP contribution in [0.2, 0.25) is 0 Å². The van der Waals surface area contributed by atoms with E-state index >= 15 is 0 Å². The number of nitrogens with zero attached hydrogens (tertiary/aromatic N) is 2. The third-order valence-electron chi connectivity index (χ3n) is 3.56. The van der Waals surface area contributed by atoms with Crippen LogP contribution in [0.4, 0.5) is 0 Å². The largest absolute Gasteiger partial charge is 0.478 e. The molecule has 2 aromatic carbocycles. The van der Waals surface area contributed by atoms with E-state index in [0.29, 0.717) is 12.2 Å². The third-order valence-corrected chi connectivity index (χ3v) is 3.56. The van der Waals surface area contributed by atoms with E-state index in [9.17, 15) is 9.59 Å². The SMILES string of the molecule is NC(N)=NN=Cc1c[nH]c2ccc(-c3ccccc3)cc12.O=C(O)/C=C\C(=O)O. The Bertz CT molecular complexity index is 1060. The molecular formula is C20H19N5O4. The molecular weight excluding hydrogens is 374 g/mol. The lowest BCUT2D eigenvalue weighted by atomic mass is 10.0. The number of H-pyrrole nitrogens is 1. The van der Waals surface area contributed by atoms with Crippen molar-refractivity contribution >= 4 is 35.0 Å². The first-order valence-electron chi connectivity index (χ1n) is 8.29. The topological polar surface area (TPSA) is 167 Å². The molecule has 9 nitrogen and oxygen atoms in total. The minimum atomic E-state index is -1.26. The first kappa shape index (κ1) is 20.9. The van der Waals surface area contributed by atoms with Gasteiger partial charge in [0.05, 0.1) is 6.21 Å². The number of aromatic amines is 1. The highest BCUT2D eigenvalue weighted by atomic mass is 16.4. The highest BCUT2D eigenvalue weighted by molar-refractivity contribution is 6.00. The van der Waals surface area contributed by atoms with Crippen molar-refractivity contribution in [1.82, 2.24) is 4.98 Å². The van der Waals surface area contributed by atoms with Gasteiger partial charge in [-0.15, -0.1) is 5.10 Å². The molecule has 0 bridgehead atoms. The number of carbonyl (C=O) groups is 2. The standard InChI is InChI=1S/C16H15N5.C4H4O4/c17-16(18)21-20-10-13-9-19-15-7-6-12(8-14(13)15)11-4-2-1-3-5-11;5-3(6)1-2-4(7)8/h1-10,19H,(H4,17,18,21);1-2H,(H,5,6)(H,7,8)/b;2-1-. The van der Waals surface area contributed by atoms with Crippen molar-refractivity contribution < 1.29 is 19.8 Å². The van der Waals surface area contributed by atoms with Gasteiger partial charge < -0.3 is 26.7 Å². The number of hydrogen-bond acceptors (Lipinski definition) is 4. The molecule has 0 aliphatic rings. The first-order chi connectivity index (χ1) is 13.9. The molecule has 0 saturated heterocycles. The Hall–Kier alpha value is -4.40. The molecule has 0 spiro atoms. The van der Waals surface area contributed by atoms with Crippen LogP contribution in [-0.2, 0) is 9.59 Å². The fourth-order valence-electron chi connectivity index (χ4n) is 2.36. The van der Waals surface area contributed by atoms with Gasteiger partial charge in [0.2, 0.25) is 5.96 Å². The number of hydrogen-bond donors (Lipinski definition) is 5. The summed E-state index contributed by atoms with van der Waals surface area (Å²) in [5, 5.41) is 24.2. The van der Waals surface area contributed by atoms with Gasteiger partial charge in [0.25, 0.3) is 0 Å². The lowest BCUT2D eigenvalue weighted by Gasteiger charge is -2.02. The smallest absolute Gasteiger partial charge is 0.328 e. The Morgan fingerprint density at radius 2 is 1.59 bits per heavy atom. The van der Waals surface area contributed by atoms with Crippen LogP contribution in [0.15, 0.2) is 77.1 Å². The van der Waals surface area contributed by atoms with Gasteiger partial charge in [0.15, 0.2) is 0 Å². The molecule has 0 fully saturated rings. The van der Waals surface area contributed by atoms with Gasteiger partial charge in [-0.1, -0.05) is 36.4 Å². The Morgan fingerprint density at radius 1 is 0.931 bits per heavy atom. The maximum atomic E-state index is 9.55. The van der Waals surface area contributed by atoms with Crippen LogP contribution in [0.25, 0.3) is 22.0 Å². The van der Waals surface area contributed by atoms with Crippen molar-refractivity contribution in [2.45, 2.75) is 0 Å². The fraction of sp³-hybridized carbons (Fsp3) is 0. The second-order valence-electron chi connectivity index (χ2n) is 5.65. The predicted molar refractivity (Wildman–Crippen MR) is 112 cm³/mol. The van der Waals surface area contributed by atoms with Crippen molar-refractivity contribution in [3.05, 3.63) is 72.4 Å². The molecule has 29 heavy (non-hydrogen) atoms. The van der Waals surface area contributed by atoms with E-state index in [0.717, 1.165) is 22.0 Å². The number of carboxylic acid groups (broad SMARTS) is 2. The van der Waals surface area contributed by atoms with E-state index in [2.05, 4.69) is 45.5 Å². The zero-order chi connectivity index (χ0) is 21.2. The van der Waals surface area contributed by atoms with Gasteiger partial charge in [0, 0.05) is 34.8 Å². The van der Waals surface area contributed by atoms with Crippen molar-refractivity contribution in [3.63, 3.8) is 0 Å². The average Bonchev–Trinajstić information content (AvgIpc) is 3.10. The molecule has 0 aliphatic heterocycles. The number of nitrogens with two attached hydrogens (primary N) is 2. The van der Waals surface area contributed by atoms with Gasteiger partial charge >= 0.3 is 11.9 Å². The van der Waals surface area contributed by atoms with E-state index in [1.54, 1.807) is 6.21 Å². The molecule has 3 rings (SSSR count). The number of guanidine groups is 1. The van der Waals surface area contributed by atoms with Crippen LogP contribution in [0.1, 0.15) is 5.56 Å². The number of nitrogens with one attached hydrogen (secondary N) is 1. The van der Waals surface area contributed by atoms with E-state index in [-0.39, 0.29) is 5.96 Å². The molecule has 7 N–H and O–H groups in total.